The minimum absolute atomic E-state index is 0.0155. The molecule has 0 aliphatic heterocycles. The van der Waals surface area contributed by atoms with Gasteiger partial charge in [-0.1, -0.05) is 44.5 Å². The van der Waals surface area contributed by atoms with Crippen LogP contribution in [0.15, 0.2) is 24.3 Å². The number of unbranched alkanes of at least 4 members (excludes halogenated alkanes) is 1. The first-order chi connectivity index (χ1) is 9.96. The Morgan fingerprint density at radius 3 is 2.33 bits per heavy atom. The summed E-state index contributed by atoms with van der Waals surface area (Å²) >= 11 is 0. The van der Waals surface area contributed by atoms with Crippen LogP contribution >= 0.6 is 0 Å². The first kappa shape index (κ1) is 18.0. The lowest BCUT2D eigenvalue weighted by atomic mass is 10.0. The van der Waals surface area contributed by atoms with Gasteiger partial charge in [0, 0.05) is 0 Å². The molecule has 1 rings (SSSR count). The largest absolute Gasteiger partial charge is 0.411 e. The fourth-order valence-corrected chi connectivity index (χ4v) is 2.11. The Balaban J connectivity index is 2.58. The summed E-state index contributed by atoms with van der Waals surface area (Å²) in [6.45, 7) is 3.56. The zero-order valence-electron chi connectivity index (χ0n) is 12.7. The fourth-order valence-electron chi connectivity index (χ4n) is 2.11. The van der Waals surface area contributed by atoms with E-state index >= 15 is 0 Å². The Bertz CT molecular complexity index is 390. The van der Waals surface area contributed by atoms with Crippen molar-refractivity contribution in [2.24, 2.45) is 0 Å². The second kappa shape index (κ2) is 9.05. The maximum atomic E-state index is 12.1. The van der Waals surface area contributed by atoms with E-state index in [1.807, 2.05) is 31.2 Å². The number of nitrogens with one attached hydrogen (secondary N) is 1. The average Bonchev–Trinajstić information content (AvgIpc) is 2.43. The Morgan fingerprint density at radius 1 is 1.14 bits per heavy atom. The van der Waals surface area contributed by atoms with Crippen LogP contribution in [0.4, 0.5) is 13.2 Å². The van der Waals surface area contributed by atoms with Gasteiger partial charge in [0.2, 0.25) is 0 Å². The third-order valence-electron chi connectivity index (χ3n) is 3.20. The predicted octanol–water partition coefficient (Wildman–Crippen LogP) is 4.26. The molecular formula is C16H24F3NO. The fraction of sp³-hybridized carbons (Fsp3) is 0.625. The lowest BCUT2D eigenvalue weighted by molar-refractivity contribution is -0.175. The molecule has 5 heteroatoms. The van der Waals surface area contributed by atoms with Gasteiger partial charge in [-0.15, -0.1) is 0 Å². The second-order valence-corrected chi connectivity index (χ2v) is 5.09. The van der Waals surface area contributed by atoms with Crippen molar-refractivity contribution < 1.29 is 17.9 Å². The summed E-state index contributed by atoms with van der Waals surface area (Å²) in [5.41, 5.74) is 2.21. The summed E-state index contributed by atoms with van der Waals surface area (Å²) in [7, 11) is 0. The van der Waals surface area contributed by atoms with E-state index < -0.39 is 12.8 Å². The summed E-state index contributed by atoms with van der Waals surface area (Å²) in [4.78, 5) is 0. The molecule has 1 aromatic carbocycles. The minimum atomic E-state index is -4.28. The van der Waals surface area contributed by atoms with E-state index in [4.69, 9.17) is 4.74 Å². The highest BCUT2D eigenvalue weighted by Gasteiger charge is 2.28. The van der Waals surface area contributed by atoms with Gasteiger partial charge < -0.3 is 10.1 Å². The van der Waals surface area contributed by atoms with Crippen molar-refractivity contribution in [3.05, 3.63) is 35.4 Å². The van der Waals surface area contributed by atoms with E-state index in [0.29, 0.717) is 6.54 Å². The van der Waals surface area contributed by atoms with Crippen LogP contribution in [-0.4, -0.2) is 25.9 Å². The van der Waals surface area contributed by atoms with E-state index in [1.54, 1.807) is 0 Å². The van der Waals surface area contributed by atoms with E-state index in [9.17, 15) is 13.2 Å². The van der Waals surface area contributed by atoms with Crippen LogP contribution in [0, 0.1) is 0 Å². The first-order valence-corrected chi connectivity index (χ1v) is 7.43. The van der Waals surface area contributed by atoms with Gasteiger partial charge in [-0.05, 0) is 30.5 Å². The molecule has 0 aliphatic carbocycles. The van der Waals surface area contributed by atoms with Crippen molar-refractivity contribution in [1.82, 2.24) is 5.32 Å². The Morgan fingerprint density at radius 2 is 1.81 bits per heavy atom. The maximum Gasteiger partial charge on any atom is 0.411 e. The van der Waals surface area contributed by atoms with Gasteiger partial charge in [0.1, 0.15) is 6.61 Å². The molecule has 1 N–H and O–H groups in total. The summed E-state index contributed by atoms with van der Waals surface area (Å²) in [6.07, 6.45) is -0.953. The Hall–Kier alpha value is -1.07. The van der Waals surface area contributed by atoms with E-state index in [-0.39, 0.29) is 12.6 Å². The summed E-state index contributed by atoms with van der Waals surface area (Å²) in [5, 5.41) is 3.16. The van der Waals surface area contributed by atoms with Crippen LogP contribution in [0.1, 0.15) is 43.9 Å². The van der Waals surface area contributed by atoms with Gasteiger partial charge >= 0.3 is 6.18 Å². The molecule has 21 heavy (non-hydrogen) atoms. The normalized spacial score (nSPS) is 13.4. The number of benzene rings is 1. The maximum absolute atomic E-state index is 12.1. The molecule has 0 spiro atoms. The molecule has 1 unspecified atom stereocenters. The average molecular weight is 303 g/mol. The van der Waals surface area contributed by atoms with Crippen molar-refractivity contribution in [3.63, 3.8) is 0 Å². The van der Waals surface area contributed by atoms with Crippen molar-refractivity contribution in [2.75, 3.05) is 19.8 Å². The third-order valence-corrected chi connectivity index (χ3v) is 3.20. The molecule has 0 fully saturated rings. The molecule has 0 aliphatic rings. The molecule has 0 saturated carbocycles. The monoisotopic (exact) mass is 303 g/mol. The van der Waals surface area contributed by atoms with Gasteiger partial charge in [-0.3, -0.25) is 0 Å². The van der Waals surface area contributed by atoms with E-state index in [1.165, 1.54) is 5.56 Å². The number of alkyl halides is 3. The zero-order chi connectivity index (χ0) is 15.7. The SMILES string of the molecule is CCCCc1ccc(C(COCC(F)(F)F)NCC)cc1. The lowest BCUT2D eigenvalue weighted by Crippen LogP contribution is -2.28. The van der Waals surface area contributed by atoms with Gasteiger partial charge in [-0.25, -0.2) is 0 Å². The predicted molar refractivity (Wildman–Crippen MR) is 78.3 cm³/mol. The number of likely N-dealkylation sites (N-methyl/N-ethyl adjacent to an activating group) is 1. The van der Waals surface area contributed by atoms with Crippen LogP contribution in [0.3, 0.4) is 0 Å². The number of hydrogen-bond donors (Lipinski definition) is 1. The third kappa shape index (κ3) is 7.48. The van der Waals surface area contributed by atoms with Gasteiger partial charge in [0.15, 0.2) is 0 Å². The van der Waals surface area contributed by atoms with Crippen LogP contribution in [-0.2, 0) is 11.2 Å². The van der Waals surface area contributed by atoms with E-state index in [0.717, 1.165) is 24.8 Å². The number of hydrogen-bond acceptors (Lipinski definition) is 2. The molecule has 0 aromatic heterocycles. The standard InChI is InChI=1S/C16H24F3NO/c1-3-5-6-13-7-9-14(10-8-13)15(20-4-2)11-21-12-16(17,18)19/h7-10,15,20H,3-6,11-12H2,1-2H3. The highest BCUT2D eigenvalue weighted by molar-refractivity contribution is 5.25. The smallest absolute Gasteiger partial charge is 0.370 e. The van der Waals surface area contributed by atoms with Gasteiger partial charge in [0.05, 0.1) is 12.6 Å². The molecule has 0 amide bonds. The molecule has 120 valence electrons. The molecule has 0 saturated heterocycles. The van der Waals surface area contributed by atoms with Crippen molar-refractivity contribution >= 4 is 0 Å². The topological polar surface area (TPSA) is 21.3 Å². The number of ether oxygens (including phenoxy) is 1. The number of halogens is 3. The summed E-state index contributed by atoms with van der Waals surface area (Å²) in [6, 6.07) is 7.81. The van der Waals surface area contributed by atoms with Crippen molar-refractivity contribution in [3.8, 4) is 0 Å². The molecule has 0 heterocycles. The Labute approximate surface area is 124 Å². The van der Waals surface area contributed by atoms with Gasteiger partial charge in [0.25, 0.3) is 0 Å². The molecule has 1 aromatic rings. The lowest BCUT2D eigenvalue weighted by Gasteiger charge is -2.19. The van der Waals surface area contributed by atoms with Crippen LogP contribution < -0.4 is 5.32 Å². The van der Waals surface area contributed by atoms with Crippen LogP contribution in [0.2, 0.25) is 0 Å². The quantitative estimate of drug-likeness (QED) is 0.736. The molecule has 2 nitrogen and oxygen atoms in total. The van der Waals surface area contributed by atoms with E-state index in [2.05, 4.69) is 12.2 Å². The number of rotatable bonds is 9. The highest BCUT2D eigenvalue weighted by atomic mass is 19.4. The van der Waals surface area contributed by atoms with Crippen molar-refractivity contribution in [1.29, 1.82) is 0 Å². The molecule has 0 radical (unpaired) electrons. The van der Waals surface area contributed by atoms with Crippen LogP contribution in [0.5, 0.6) is 0 Å². The highest BCUT2D eigenvalue weighted by Crippen LogP contribution is 2.19. The minimum Gasteiger partial charge on any atom is -0.370 e. The van der Waals surface area contributed by atoms with Crippen molar-refractivity contribution in [2.45, 2.75) is 45.3 Å². The van der Waals surface area contributed by atoms with Crippen LogP contribution in [0.25, 0.3) is 0 Å². The zero-order valence-corrected chi connectivity index (χ0v) is 12.7. The second-order valence-electron chi connectivity index (χ2n) is 5.09. The molecular weight excluding hydrogens is 279 g/mol. The van der Waals surface area contributed by atoms with Gasteiger partial charge in [-0.2, -0.15) is 13.2 Å². The Kier molecular flexibility index (Phi) is 7.75. The molecule has 1 atom stereocenters. The summed E-state index contributed by atoms with van der Waals surface area (Å²) in [5.74, 6) is 0. The first-order valence-electron chi connectivity index (χ1n) is 7.43. The molecule has 0 bridgehead atoms. The summed E-state index contributed by atoms with van der Waals surface area (Å²) < 4.78 is 41.1. The number of aryl methyl sites for hydroxylation is 1.